The average Bonchev–Trinajstić information content (AvgIpc) is 3.23. The van der Waals surface area contributed by atoms with Crippen LogP contribution in [0.25, 0.3) is 11.0 Å². The number of nitrogens with one attached hydrogen (secondary N) is 1. The summed E-state index contributed by atoms with van der Waals surface area (Å²) in [6, 6.07) is 15.7. The highest BCUT2D eigenvalue weighted by atomic mass is 16.4. The van der Waals surface area contributed by atoms with Gasteiger partial charge in [0.2, 0.25) is 5.91 Å². The van der Waals surface area contributed by atoms with Crippen molar-refractivity contribution in [2.24, 2.45) is 5.92 Å². The van der Waals surface area contributed by atoms with Crippen molar-refractivity contribution in [1.82, 2.24) is 9.55 Å². The third-order valence-corrected chi connectivity index (χ3v) is 6.98. The van der Waals surface area contributed by atoms with E-state index < -0.39 is 17.3 Å². The van der Waals surface area contributed by atoms with Gasteiger partial charge in [0.15, 0.2) is 0 Å². The maximum atomic E-state index is 12.5. The van der Waals surface area contributed by atoms with E-state index in [-0.39, 0.29) is 5.91 Å². The van der Waals surface area contributed by atoms with E-state index in [0.717, 1.165) is 60.2 Å². The van der Waals surface area contributed by atoms with Crippen LogP contribution in [-0.4, -0.2) is 26.5 Å². The lowest BCUT2D eigenvalue weighted by Gasteiger charge is -2.38. The SMILES string of the molecule is CCCCC(=O)Nc1ccc2nc(CCCC)n(CC3(c4ccccc4)C=CC=CC3C(=O)O)c2c1. The van der Waals surface area contributed by atoms with Crippen LogP contribution in [-0.2, 0) is 28.0 Å². The first kappa shape index (κ1) is 25.4. The molecule has 188 valence electrons. The Balaban J connectivity index is 1.83. The largest absolute Gasteiger partial charge is 0.481 e. The molecule has 3 aromatic rings. The smallest absolute Gasteiger partial charge is 0.311 e. The van der Waals surface area contributed by atoms with Gasteiger partial charge in [-0.3, -0.25) is 9.59 Å². The molecule has 1 aliphatic carbocycles. The second kappa shape index (κ2) is 11.4. The molecule has 4 rings (SSSR count). The van der Waals surface area contributed by atoms with Crippen molar-refractivity contribution >= 4 is 28.6 Å². The van der Waals surface area contributed by atoms with Crippen molar-refractivity contribution in [1.29, 1.82) is 0 Å². The van der Waals surface area contributed by atoms with Gasteiger partial charge < -0.3 is 15.0 Å². The summed E-state index contributed by atoms with van der Waals surface area (Å²) >= 11 is 0. The number of aliphatic carboxylic acids is 1. The Morgan fingerprint density at radius 2 is 1.83 bits per heavy atom. The Bertz CT molecular complexity index is 1280. The second-order valence-corrected chi connectivity index (χ2v) is 9.54. The highest BCUT2D eigenvalue weighted by molar-refractivity contribution is 5.93. The summed E-state index contributed by atoms with van der Waals surface area (Å²) in [5.41, 5.74) is 2.64. The van der Waals surface area contributed by atoms with Crippen LogP contribution in [0.4, 0.5) is 5.69 Å². The average molecular weight is 486 g/mol. The van der Waals surface area contributed by atoms with Crippen molar-refractivity contribution in [2.45, 2.75) is 64.3 Å². The highest BCUT2D eigenvalue weighted by Gasteiger charge is 2.43. The number of unbranched alkanes of at least 4 members (excludes halogenated alkanes) is 2. The molecule has 1 amide bonds. The maximum Gasteiger partial charge on any atom is 0.311 e. The van der Waals surface area contributed by atoms with E-state index in [2.05, 4.69) is 23.7 Å². The summed E-state index contributed by atoms with van der Waals surface area (Å²) in [6.07, 6.45) is 12.7. The Morgan fingerprint density at radius 1 is 1.06 bits per heavy atom. The van der Waals surface area contributed by atoms with Crippen molar-refractivity contribution in [3.63, 3.8) is 0 Å². The van der Waals surface area contributed by atoms with Gasteiger partial charge in [0, 0.05) is 30.5 Å². The summed E-state index contributed by atoms with van der Waals surface area (Å²) < 4.78 is 2.17. The van der Waals surface area contributed by atoms with E-state index >= 15 is 0 Å². The number of carbonyl (C=O) groups excluding carboxylic acids is 1. The summed E-state index contributed by atoms with van der Waals surface area (Å²) in [4.78, 5) is 29.8. The molecule has 6 heteroatoms. The van der Waals surface area contributed by atoms with Gasteiger partial charge in [-0.25, -0.2) is 4.98 Å². The maximum absolute atomic E-state index is 12.5. The van der Waals surface area contributed by atoms with E-state index in [9.17, 15) is 14.7 Å². The highest BCUT2D eigenvalue weighted by Crippen LogP contribution is 2.40. The van der Waals surface area contributed by atoms with Gasteiger partial charge in [0.05, 0.1) is 17.0 Å². The fourth-order valence-corrected chi connectivity index (χ4v) is 5.02. The number of fused-ring (bicyclic) bond motifs is 1. The zero-order valence-electron chi connectivity index (χ0n) is 21.1. The molecule has 1 aliphatic rings. The predicted octanol–water partition coefficient (Wildman–Crippen LogP) is 6.27. The summed E-state index contributed by atoms with van der Waals surface area (Å²) in [5.74, 6) is -0.648. The second-order valence-electron chi connectivity index (χ2n) is 9.54. The van der Waals surface area contributed by atoms with Gasteiger partial charge in [-0.2, -0.15) is 0 Å². The number of carboxylic acids is 1. The fraction of sp³-hybridized carbons (Fsp3) is 0.367. The molecule has 1 heterocycles. The molecular formula is C30H35N3O3. The first-order chi connectivity index (χ1) is 17.5. The van der Waals surface area contributed by atoms with Gasteiger partial charge in [-0.05, 0) is 36.6 Å². The summed E-state index contributed by atoms with van der Waals surface area (Å²) in [7, 11) is 0. The van der Waals surface area contributed by atoms with E-state index in [1.165, 1.54) is 0 Å². The number of benzene rings is 2. The number of hydrogen-bond donors (Lipinski definition) is 2. The number of nitrogens with zero attached hydrogens (tertiary/aromatic N) is 2. The number of imidazole rings is 1. The van der Waals surface area contributed by atoms with Crippen molar-refractivity contribution in [3.05, 3.63) is 84.2 Å². The number of amides is 1. The zero-order valence-corrected chi connectivity index (χ0v) is 21.1. The summed E-state index contributed by atoms with van der Waals surface area (Å²) in [5, 5.41) is 13.3. The number of carboxylic acid groups (broad SMARTS) is 1. The molecular weight excluding hydrogens is 450 g/mol. The lowest BCUT2D eigenvalue weighted by Crippen LogP contribution is -2.42. The number of hydrogen-bond acceptors (Lipinski definition) is 3. The molecule has 0 aliphatic heterocycles. The van der Waals surface area contributed by atoms with Gasteiger partial charge >= 0.3 is 5.97 Å². The Hall–Kier alpha value is -3.67. The van der Waals surface area contributed by atoms with Crippen molar-refractivity contribution < 1.29 is 14.7 Å². The fourth-order valence-electron chi connectivity index (χ4n) is 5.02. The Morgan fingerprint density at radius 3 is 2.56 bits per heavy atom. The topological polar surface area (TPSA) is 84.2 Å². The molecule has 0 saturated carbocycles. The van der Waals surface area contributed by atoms with Crippen LogP contribution < -0.4 is 5.32 Å². The minimum Gasteiger partial charge on any atom is -0.481 e. The molecule has 6 nitrogen and oxygen atoms in total. The molecule has 2 unspecified atom stereocenters. The number of aryl methyl sites for hydroxylation is 1. The minimum atomic E-state index is -0.858. The molecule has 0 bridgehead atoms. The number of aromatic nitrogens is 2. The van der Waals surface area contributed by atoms with Crippen LogP contribution in [0.15, 0.2) is 72.8 Å². The molecule has 0 spiro atoms. The Kier molecular flexibility index (Phi) is 8.04. The number of rotatable bonds is 11. The van der Waals surface area contributed by atoms with Crippen LogP contribution in [0.1, 0.15) is 57.3 Å². The first-order valence-electron chi connectivity index (χ1n) is 12.9. The number of carbonyl (C=O) groups is 2. The number of allylic oxidation sites excluding steroid dienone is 3. The molecule has 2 N–H and O–H groups in total. The number of anilines is 1. The van der Waals surface area contributed by atoms with E-state index in [0.29, 0.717) is 13.0 Å². The van der Waals surface area contributed by atoms with Crippen LogP contribution >= 0.6 is 0 Å². The monoisotopic (exact) mass is 485 g/mol. The van der Waals surface area contributed by atoms with Gasteiger partial charge in [-0.15, -0.1) is 0 Å². The van der Waals surface area contributed by atoms with E-state index in [1.807, 2.05) is 66.8 Å². The summed E-state index contributed by atoms with van der Waals surface area (Å²) in [6.45, 7) is 4.65. The molecule has 0 saturated heterocycles. The normalized spacial score (nSPS) is 19.0. The molecule has 0 radical (unpaired) electrons. The van der Waals surface area contributed by atoms with Crippen LogP contribution in [0.3, 0.4) is 0 Å². The zero-order chi connectivity index (χ0) is 25.5. The van der Waals surface area contributed by atoms with Gasteiger partial charge in [-0.1, -0.05) is 81.3 Å². The molecule has 1 aromatic heterocycles. The molecule has 2 atom stereocenters. The quantitative estimate of drug-likeness (QED) is 0.335. The van der Waals surface area contributed by atoms with Crippen molar-refractivity contribution in [2.75, 3.05) is 5.32 Å². The van der Waals surface area contributed by atoms with Crippen molar-refractivity contribution in [3.8, 4) is 0 Å². The standard InChI is InChI=1S/C30H35N3O3/c1-3-5-15-27-32-25-18-17-23(31-28(34)16-6-4-2)20-26(25)33(27)21-30(22-12-8-7-9-13-22)19-11-10-14-24(30)29(35)36/h7-14,17-20,24H,3-6,15-16,21H2,1-2H3,(H,31,34)(H,35,36). The van der Waals surface area contributed by atoms with Gasteiger partial charge in [0.25, 0.3) is 0 Å². The third-order valence-electron chi connectivity index (χ3n) is 6.98. The van der Waals surface area contributed by atoms with Crippen LogP contribution in [0.2, 0.25) is 0 Å². The Labute approximate surface area is 212 Å². The lowest BCUT2D eigenvalue weighted by atomic mass is 9.68. The molecule has 0 fully saturated rings. The van der Waals surface area contributed by atoms with E-state index in [4.69, 9.17) is 4.98 Å². The molecule has 36 heavy (non-hydrogen) atoms. The van der Waals surface area contributed by atoms with Crippen LogP contribution in [0.5, 0.6) is 0 Å². The molecule has 2 aromatic carbocycles. The van der Waals surface area contributed by atoms with Crippen LogP contribution in [0, 0.1) is 5.92 Å². The first-order valence-corrected chi connectivity index (χ1v) is 12.9. The predicted molar refractivity (Wildman–Crippen MR) is 144 cm³/mol. The van der Waals surface area contributed by atoms with E-state index in [1.54, 1.807) is 6.08 Å². The van der Waals surface area contributed by atoms with Gasteiger partial charge in [0.1, 0.15) is 5.82 Å². The minimum absolute atomic E-state index is 0.000481. The lowest BCUT2D eigenvalue weighted by molar-refractivity contribution is -0.142. The third kappa shape index (κ3) is 5.27.